The summed E-state index contributed by atoms with van der Waals surface area (Å²) in [5.41, 5.74) is 3.74. The number of aryl methyl sites for hydroxylation is 4. The molecule has 9 aromatic rings. The van der Waals surface area contributed by atoms with Gasteiger partial charge in [0, 0.05) is 117 Å². The highest BCUT2D eigenvalue weighted by Gasteiger charge is 2.35. The Morgan fingerprint density at radius 3 is 0.914 bits per heavy atom. The Bertz CT molecular complexity index is 5430. The van der Waals surface area contributed by atoms with Crippen molar-refractivity contribution in [1.29, 1.82) is 0 Å². The number of sulfonamides is 2. The van der Waals surface area contributed by atoms with E-state index in [1.807, 2.05) is 70.3 Å². The van der Waals surface area contributed by atoms with Gasteiger partial charge in [0.15, 0.2) is 17.5 Å². The minimum Gasteiger partial charge on any atom is -0.476 e. The molecule has 0 radical (unpaired) electrons. The predicted molar refractivity (Wildman–Crippen MR) is 533 cm³/mol. The minimum absolute atomic E-state index is 0.125. The van der Waals surface area contributed by atoms with Crippen LogP contribution in [-0.2, 0) is 64.9 Å². The van der Waals surface area contributed by atoms with Crippen molar-refractivity contribution in [1.82, 2.24) is 103 Å². The van der Waals surface area contributed by atoms with Gasteiger partial charge in [-0.1, -0.05) is 27.7 Å². The predicted octanol–water partition coefficient (Wildman–Crippen LogP) is 10.3. The van der Waals surface area contributed by atoms with E-state index in [0.29, 0.717) is 138 Å². The van der Waals surface area contributed by atoms with Crippen LogP contribution in [0, 0.1) is 29.6 Å². The van der Waals surface area contributed by atoms with Crippen molar-refractivity contribution in [2.75, 3.05) is 191 Å². The fourth-order valence-corrected chi connectivity index (χ4v) is 18.3. The summed E-state index contributed by atoms with van der Waals surface area (Å²) < 4.78 is 84.6. The molecule has 8 saturated heterocycles. The van der Waals surface area contributed by atoms with E-state index in [2.05, 4.69) is 169 Å². The van der Waals surface area contributed by atoms with Gasteiger partial charge in [-0.3, -0.25) is 44.0 Å². The Kier molecular flexibility index (Phi) is 39.0. The van der Waals surface area contributed by atoms with Crippen LogP contribution in [0.25, 0.3) is 0 Å². The molecule has 8 fully saturated rings. The average Bonchev–Trinajstić information content (AvgIpc) is 0.807. The highest BCUT2D eigenvalue weighted by molar-refractivity contribution is 9.10. The summed E-state index contributed by atoms with van der Waals surface area (Å²) in [5, 5.41) is 0. The molecule has 46 heteroatoms. The summed E-state index contributed by atoms with van der Waals surface area (Å²) in [6.45, 7) is 27.1. The smallest absolute Gasteiger partial charge is 0.410 e. The molecule has 42 nitrogen and oxygen atoms in total. The number of halogens is 2. The lowest BCUT2D eigenvalue weighted by atomic mass is 9.98. The molecule has 17 heterocycles. The number of anilines is 7. The number of nitrogens with zero attached hydrogens (tertiary/aromatic N) is 28. The van der Waals surface area contributed by atoms with Gasteiger partial charge >= 0.3 is 6.09 Å². The van der Waals surface area contributed by atoms with Crippen molar-refractivity contribution in [3.8, 4) is 29.4 Å². The molecule has 8 aliphatic rings. The van der Waals surface area contributed by atoms with E-state index in [1.54, 1.807) is 47.0 Å². The van der Waals surface area contributed by atoms with E-state index in [1.165, 1.54) is 34.6 Å². The third kappa shape index (κ3) is 32.5. The van der Waals surface area contributed by atoms with Gasteiger partial charge in [-0.25, -0.2) is 96.4 Å². The summed E-state index contributed by atoms with van der Waals surface area (Å²) in [7, 11) is -6.78. The highest BCUT2D eigenvalue weighted by atomic mass is 79.9. The molecule has 0 atom stereocenters. The van der Waals surface area contributed by atoms with Crippen LogP contribution in [0.1, 0.15) is 155 Å². The lowest BCUT2D eigenvalue weighted by Crippen LogP contribution is -2.52. The largest absolute Gasteiger partial charge is 0.476 e. The van der Waals surface area contributed by atoms with Crippen LogP contribution in [0.4, 0.5) is 45.7 Å². The van der Waals surface area contributed by atoms with Gasteiger partial charge in [0.25, 0.3) is 0 Å². The number of ether oxygens (including phenoxy) is 6. The van der Waals surface area contributed by atoms with E-state index < -0.39 is 25.6 Å². The molecule has 8 aliphatic heterocycles. The molecule has 0 aliphatic carbocycles. The molecule has 4 amide bonds. The lowest BCUT2D eigenvalue weighted by Gasteiger charge is -2.33. The molecule has 0 unspecified atom stereocenters. The quantitative estimate of drug-likeness (QED) is 0.0439. The SMILES string of the molecule is CC(C)(C)OC(=O)N1CCC(COc2cnc(Br)cn2)CC1.CCc1cnc(N2CCC(COc3cnc(Br)cn3)CC2)cn1.CCc1cnc(N2CCC(COc3cnc(N4CCCCC4=O)cn3)CC2)cn1.CCc1cnc(N2CCC(COc3cnc(N4CCN(S(C)(=O)=O)CC4=O)cn3)CC2)cn1.CCc1cnc(N2CCC(COc3cnc(N4CCN(S(C)(=O)=O)CC4=O)cn3)CC2)nc1. The Hall–Kier alpha value is -11.6. The van der Waals surface area contributed by atoms with Gasteiger partial charge in [-0.05, 0) is 191 Å². The number of aromatic nitrogens is 18. The number of rotatable bonds is 28. The highest BCUT2D eigenvalue weighted by Crippen LogP contribution is 2.31. The topological polar surface area (TPSA) is 456 Å². The third-order valence-corrected chi connectivity index (χ3v) is 28.4. The first-order valence-electron chi connectivity index (χ1n) is 48.0. The maximum absolute atomic E-state index is 12.3. The summed E-state index contributed by atoms with van der Waals surface area (Å²) in [6, 6.07) is 0. The van der Waals surface area contributed by atoms with Gasteiger partial charge in [0.05, 0.1) is 175 Å². The van der Waals surface area contributed by atoms with Crippen LogP contribution in [0.5, 0.6) is 29.4 Å². The summed E-state index contributed by atoms with van der Waals surface area (Å²) >= 11 is 6.50. The van der Waals surface area contributed by atoms with Crippen molar-refractivity contribution in [3.05, 3.63) is 143 Å². The first kappa shape index (κ1) is 106. The zero-order valence-electron chi connectivity index (χ0n) is 81.2. The van der Waals surface area contributed by atoms with Crippen LogP contribution < -0.4 is 58.0 Å². The van der Waals surface area contributed by atoms with Crippen LogP contribution in [0.15, 0.2) is 121 Å². The van der Waals surface area contributed by atoms with Gasteiger partial charge in [-0.15, -0.1) is 0 Å². The van der Waals surface area contributed by atoms with Crippen molar-refractivity contribution < 1.29 is 64.4 Å². The number of hydrogen-bond acceptors (Lipinski definition) is 36. The monoisotopic (exact) mass is 2090 g/mol. The Labute approximate surface area is 835 Å². The van der Waals surface area contributed by atoms with Crippen LogP contribution in [0.2, 0.25) is 0 Å². The maximum Gasteiger partial charge on any atom is 0.410 e. The second kappa shape index (κ2) is 51.7. The van der Waals surface area contributed by atoms with E-state index in [9.17, 15) is 36.0 Å². The molecule has 0 saturated carbocycles. The van der Waals surface area contributed by atoms with Crippen molar-refractivity contribution >= 4 is 117 Å². The number of likely N-dealkylation sites (tertiary alicyclic amines) is 1. The summed E-state index contributed by atoms with van der Waals surface area (Å²) in [5.74, 6) is 9.20. The second-order valence-corrected chi connectivity index (χ2v) is 42.0. The number of carbonyl (C=O) groups excluding carboxylic acids is 4. The first-order chi connectivity index (χ1) is 67.5. The Morgan fingerprint density at radius 2 is 0.643 bits per heavy atom. The number of piperidine rings is 6. The van der Waals surface area contributed by atoms with Gasteiger partial charge in [-0.2, -0.15) is 8.61 Å². The zero-order chi connectivity index (χ0) is 99.1. The van der Waals surface area contributed by atoms with E-state index >= 15 is 0 Å². The zero-order valence-corrected chi connectivity index (χ0v) is 86.0. The average molecular weight is 2100 g/mol. The Balaban J connectivity index is 0.000000149. The molecule has 0 spiro atoms. The molecule has 9 aromatic heterocycles. The second-order valence-electron chi connectivity index (χ2n) is 36.4. The van der Waals surface area contributed by atoms with Crippen molar-refractivity contribution in [3.63, 3.8) is 0 Å². The van der Waals surface area contributed by atoms with E-state index in [4.69, 9.17) is 28.4 Å². The number of carbonyl (C=O) groups is 4. The molecule has 140 heavy (non-hydrogen) atoms. The first-order valence-corrected chi connectivity index (χ1v) is 53.3. The molecular weight excluding hydrogens is 1970 g/mol. The molecule has 754 valence electrons. The molecule has 0 aromatic carbocycles. The molecule has 0 N–H and O–H groups in total. The molecule has 0 bridgehead atoms. The van der Waals surface area contributed by atoms with E-state index in [-0.39, 0.29) is 63.1 Å². The lowest BCUT2D eigenvalue weighted by molar-refractivity contribution is -0.120. The third-order valence-electron chi connectivity index (χ3n) is 25.1. The van der Waals surface area contributed by atoms with Crippen LogP contribution >= 0.6 is 31.9 Å². The van der Waals surface area contributed by atoms with Crippen LogP contribution in [0.3, 0.4) is 0 Å². The fourth-order valence-electron chi connectivity index (χ4n) is 16.4. The molecular formula is C94H128Br2N28O14S2. The van der Waals surface area contributed by atoms with Gasteiger partial charge in [0.1, 0.15) is 32.3 Å². The molecule has 17 rings (SSSR count). The number of amides is 4. The number of piperazine rings is 2. The van der Waals surface area contributed by atoms with Gasteiger partial charge in [0.2, 0.25) is 73.1 Å². The van der Waals surface area contributed by atoms with Crippen molar-refractivity contribution in [2.24, 2.45) is 29.6 Å². The standard InChI is InChI=1S/2C21H29N7O4S.C21H28N6O2.C16H20BrN5O.C15H22BrN3O3/c1-3-17-10-23-18(11-22-17)26-6-4-16(5-7-26)15-32-20-13-24-19(12-25-20)28-9-8-27(14-21(28)29)33(2,30)31;1-3-16-10-24-21(25-11-16)26-6-4-17(5-7-26)15-32-19-13-22-18(12-23-19)28-9-8-27(14-20(28)29)33(2,30)31;1-2-17-11-23-18(12-22-17)26-9-6-16(7-10-26)15-29-20-14-24-19(13-25-20)27-8-4-3-5-21(27)28;1-2-13-7-20-15(9-18-13)22-5-3-12(4-6-22)11-23-16-10-19-14(17)8-21-16;1-15(2,3)22-14(20)19-6-4-11(5-7-19)10-21-13-9-17-12(16)8-18-13/h10-13,16H,3-9,14-15H2,1-2H3;10-13,17H,3-9,14-15H2,1-2H3;11-14,16H,2-10,15H2,1H3;7-10,12H,2-6,11H2,1H3;8-9,11H,4-7,10H2,1-3H3. The van der Waals surface area contributed by atoms with Gasteiger partial charge < -0.3 is 52.9 Å². The van der Waals surface area contributed by atoms with E-state index in [0.717, 1.165) is 229 Å². The maximum atomic E-state index is 12.3. The summed E-state index contributed by atoms with van der Waals surface area (Å²) in [4.78, 5) is 142. The number of hydrogen-bond donors (Lipinski definition) is 0. The van der Waals surface area contributed by atoms with Crippen molar-refractivity contribution in [2.45, 2.75) is 163 Å². The summed E-state index contributed by atoms with van der Waals surface area (Å²) in [6.07, 6.45) is 48.9. The minimum atomic E-state index is -3.39. The fraction of sp³-hybridized carbons (Fsp3) is 0.574. The normalized spacial score (nSPS) is 17.7. The van der Waals surface area contributed by atoms with Crippen LogP contribution in [-0.4, -0.2) is 306 Å². The Morgan fingerprint density at radius 1 is 0.336 bits per heavy atom.